The Morgan fingerprint density at radius 3 is 2.28 bits per heavy atom. The summed E-state index contributed by atoms with van der Waals surface area (Å²) >= 11 is 0. The molecule has 0 aliphatic carbocycles. The van der Waals surface area contributed by atoms with Crippen LogP contribution in [-0.4, -0.2) is 55.2 Å². The summed E-state index contributed by atoms with van der Waals surface area (Å²) in [5.41, 5.74) is 4.82. The van der Waals surface area contributed by atoms with Crippen molar-refractivity contribution in [1.82, 2.24) is 9.62 Å². The molecule has 2 fully saturated rings. The molecule has 9 nitrogen and oxygen atoms in total. The van der Waals surface area contributed by atoms with Gasteiger partial charge in [-0.1, -0.05) is 91.0 Å². The summed E-state index contributed by atoms with van der Waals surface area (Å²) in [6, 6.07) is 31.5. The average Bonchev–Trinajstić information content (AvgIpc) is 3.59. The summed E-state index contributed by atoms with van der Waals surface area (Å²) in [6.07, 6.45) is 1.16. The Kier molecular flexibility index (Phi) is 11.2. The van der Waals surface area contributed by atoms with Gasteiger partial charge in [-0.05, 0) is 80.1 Å². The van der Waals surface area contributed by atoms with Gasteiger partial charge in [0.25, 0.3) is 0 Å². The van der Waals surface area contributed by atoms with E-state index in [1.54, 1.807) is 30.3 Å². The van der Waals surface area contributed by atoms with Crippen LogP contribution in [0.4, 0.5) is 0 Å². The number of hydrogen-bond donors (Lipinski definition) is 2. The molecule has 264 valence electrons. The highest BCUT2D eigenvalue weighted by molar-refractivity contribution is 7.89. The predicted octanol–water partition coefficient (Wildman–Crippen LogP) is 6.68. The highest BCUT2D eigenvalue weighted by Gasteiger charge is 2.39. The molecule has 2 N–H and O–H groups in total. The number of ether oxygens (including phenoxy) is 3. The Balaban J connectivity index is 1.21. The summed E-state index contributed by atoms with van der Waals surface area (Å²) in [6.45, 7) is 7.14. The second-order valence-corrected chi connectivity index (χ2v) is 15.7. The van der Waals surface area contributed by atoms with E-state index in [1.165, 1.54) is 0 Å². The van der Waals surface area contributed by atoms with Crippen molar-refractivity contribution in [2.24, 2.45) is 0 Å². The molecule has 4 aromatic carbocycles. The molecule has 2 saturated heterocycles. The number of benzene rings is 4. The lowest BCUT2D eigenvalue weighted by Crippen LogP contribution is -2.45. The molecule has 4 aromatic rings. The molecule has 0 bridgehead atoms. The maximum Gasteiger partial charge on any atom is 0.323 e. The molecule has 0 saturated carbocycles. The van der Waals surface area contributed by atoms with Gasteiger partial charge in [-0.2, -0.15) is 0 Å². The first kappa shape index (κ1) is 35.9. The molecular weight excluding hydrogens is 653 g/mol. The molecule has 50 heavy (non-hydrogen) atoms. The van der Waals surface area contributed by atoms with Crippen LogP contribution in [-0.2, 0) is 42.2 Å². The maximum atomic E-state index is 13.1. The smallest absolute Gasteiger partial charge is 0.323 e. The zero-order valence-electron chi connectivity index (χ0n) is 28.8. The minimum absolute atomic E-state index is 0.0322. The van der Waals surface area contributed by atoms with Crippen LogP contribution in [0.25, 0.3) is 11.1 Å². The van der Waals surface area contributed by atoms with Gasteiger partial charge in [-0.25, -0.2) is 13.1 Å². The van der Waals surface area contributed by atoms with Crippen LogP contribution in [0.2, 0.25) is 0 Å². The molecule has 0 amide bonds. The first-order valence-corrected chi connectivity index (χ1v) is 18.7. The minimum atomic E-state index is -3.67. The predicted molar refractivity (Wildman–Crippen MR) is 191 cm³/mol. The first-order valence-electron chi connectivity index (χ1n) is 17.2. The Labute approximate surface area is 295 Å². The Morgan fingerprint density at radius 2 is 1.58 bits per heavy atom. The zero-order chi connectivity index (χ0) is 35.3. The third-order valence-corrected chi connectivity index (χ3v) is 10.5. The van der Waals surface area contributed by atoms with Crippen molar-refractivity contribution in [2.75, 3.05) is 13.1 Å². The van der Waals surface area contributed by atoms with Crippen LogP contribution in [0, 0.1) is 0 Å². The zero-order valence-corrected chi connectivity index (χ0v) is 29.6. The van der Waals surface area contributed by atoms with Crippen molar-refractivity contribution in [3.8, 4) is 11.1 Å². The van der Waals surface area contributed by atoms with Crippen LogP contribution in [0.3, 0.4) is 0 Å². The topological polar surface area (TPSA) is 114 Å². The van der Waals surface area contributed by atoms with E-state index < -0.39 is 21.9 Å². The third-order valence-electron chi connectivity index (χ3n) is 9.11. The van der Waals surface area contributed by atoms with Crippen LogP contribution in [0.15, 0.2) is 108 Å². The minimum Gasteiger partial charge on any atom is -0.459 e. The van der Waals surface area contributed by atoms with Crippen molar-refractivity contribution in [1.29, 1.82) is 0 Å². The number of esters is 1. The molecule has 10 heteroatoms. The SMILES string of the molecule is CC(C)(C)OC(=O)C1CCCN1CC1CC(c2ccc(CO)cc2)OC(c2ccc(-c3ccccc3CNS(=O)(=O)c3ccccc3)cc2)O1. The molecule has 0 radical (unpaired) electrons. The third kappa shape index (κ3) is 8.87. The van der Waals surface area contributed by atoms with Crippen LogP contribution < -0.4 is 4.72 Å². The molecule has 2 heterocycles. The van der Waals surface area contributed by atoms with E-state index in [0.717, 1.165) is 52.8 Å². The van der Waals surface area contributed by atoms with E-state index in [2.05, 4.69) is 9.62 Å². The Morgan fingerprint density at radius 1 is 0.900 bits per heavy atom. The molecule has 0 aromatic heterocycles. The number of likely N-dealkylation sites (tertiary alicyclic amines) is 1. The van der Waals surface area contributed by atoms with E-state index in [-0.39, 0.29) is 42.3 Å². The van der Waals surface area contributed by atoms with E-state index >= 15 is 0 Å². The normalized spacial score (nSPS) is 21.6. The lowest BCUT2D eigenvalue weighted by atomic mass is 9.97. The number of nitrogens with one attached hydrogen (secondary N) is 1. The van der Waals surface area contributed by atoms with Gasteiger partial charge in [-0.3, -0.25) is 9.69 Å². The van der Waals surface area contributed by atoms with E-state index in [4.69, 9.17) is 14.2 Å². The van der Waals surface area contributed by atoms with Crippen molar-refractivity contribution < 1.29 is 32.5 Å². The van der Waals surface area contributed by atoms with Crippen molar-refractivity contribution in [2.45, 2.75) is 88.2 Å². The fourth-order valence-corrected chi connectivity index (χ4v) is 7.64. The first-order chi connectivity index (χ1) is 24.0. The highest BCUT2D eigenvalue weighted by Crippen LogP contribution is 2.39. The van der Waals surface area contributed by atoms with Crippen molar-refractivity contribution in [3.63, 3.8) is 0 Å². The van der Waals surface area contributed by atoms with Gasteiger partial charge in [0, 0.05) is 25.1 Å². The highest BCUT2D eigenvalue weighted by atomic mass is 32.2. The fraction of sp³-hybridized carbons (Fsp3) is 0.375. The number of aliphatic hydroxyl groups is 1. The van der Waals surface area contributed by atoms with Gasteiger partial charge >= 0.3 is 5.97 Å². The summed E-state index contributed by atoms with van der Waals surface area (Å²) in [7, 11) is -3.67. The summed E-state index contributed by atoms with van der Waals surface area (Å²) in [5, 5.41) is 9.58. The molecule has 0 spiro atoms. The van der Waals surface area contributed by atoms with E-state index in [9.17, 15) is 18.3 Å². The molecule has 4 atom stereocenters. The van der Waals surface area contributed by atoms with Crippen LogP contribution >= 0.6 is 0 Å². The van der Waals surface area contributed by atoms with Gasteiger partial charge in [0.2, 0.25) is 10.0 Å². The number of aliphatic hydroxyl groups excluding tert-OH is 1. The van der Waals surface area contributed by atoms with Crippen LogP contribution in [0.1, 0.15) is 74.7 Å². The van der Waals surface area contributed by atoms with Gasteiger partial charge in [0.05, 0.1) is 23.7 Å². The summed E-state index contributed by atoms with van der Waals surface area (Å²) < 4.78 is 47.5. The lowest BCUT2D eigenvalue weighted by molar-refractivity contribution is -0.253. The maximum absolute atomic E-state index is 13.1. The second kappa shape index (κ2) is 15.6. The monoisotopic (exact) mass is 698 g/mol. The Hall–Kier alpha value is -3.90. The number of carbonyl (C=O) groups is 1. The molecule has 4 unspecified atom stereocenters. The number of sulfonamides is 1. The largest absolute Gasteiger partial charge is 0.459 e. The molecule has 2 aliphatic rings. The number of nitrogens with zero attached hydrogens (tertiary/aromatic N) is 1. The van der Waals surface area contributed by atoms with Gasteiger partial charge in [0.1, 0.15) is 11.6 Å². The van der Waals surface area contributed by atoms with E-state index in [1.807, 2.05) is 93.6 Å². The Bertz CT molecular complexity index is 1840. The fourth-order valence-electron chi connectivity index (χ4n) is 6.61. The van der Waals surface area contributed by atoms with Crippen LogP contribution in [0.5, 0.6) is 0 Å². The van der Waals surface area contributed by atoms with E-state index in [0.29, 0.717) is 13.0 Å². The second-order valence-electron chi connectivity index (χ2n) is 14.0. The standard InChI is InChI=1S/C40H46N2O7S/c1-40(2,3)49-38(44)36-14-9-23-42(36)26-33-24-37(30-17-15-28(27-43)16-18-30)48-39(47-33)31-21-19-29(20-22-31)35-13-8-7-10-32(35)25-41-50(45,46)34-11-5-4-6-12-34/h4-8,10-13,15-22,33,36-37,39,41,43H,9,14,23-27H2,1-3H3. The van der Waals surface area contributed by atoms with Gasteiger partial charge < -0.3 is 19.3 Å². The molecular formula is C40H46N2O7S. The van der Waals surface area contributed by atoms with Gasteiger partial charge in [0.15, 0.2) is 6.29 Å². The number of carbonyl (C=O) groups excluding carboxylic acids is 1. The number of rotatable bonds is 11. The average molecular weight is 699 g/mol. The molecule has 6 rings (SSSR count). The summed E-state index contributed by atoms with van der Waals surface area (Å²) in [5.74, 6) is -0.196. The quantitative estimate of drug-likeness (QED) is 0.167. The summed E-state index contributed by atoms with van der Waals surface area (Å²) in [4.78, 5) is 15.5. The molecule has 2 aliphatic heterocycles. The van der Waals surface area contributed by atoms with Crippen molar-refractivity contribution >= 4 is 16.0 Å². The van der Waals surface area contributed by atoms with Crippen molar-refractivity contribution in [3.05, 3.63) is 125 Å². The number of hydrogen-bond acceptors (Lipinski definition) is 8. The lowest BCUT2D eigenvalue weighted by Gasteiger charge is -2.38. The van der Waals surface area contributed by atoms with Gasteiger partial charge in [-0.15, -0.1) is 0 Å².